The van der Waals surface area contributed by atoms with Crippen molar-refractivity contribution >= 4 is 28.3 Å². The van der Waals surface area contributed by atoms with Crippen LogP contribution in [-0.2, 0) is 27.4 Å². The van der Waals surface area contributed by atoms with Crippen molar-refractivity contribution in [2.45, 2.75) is 44.8 Å². The SMILES string of the molecule is CCOCc1nnc(N2CC(C(=O)NC3(Cc4ccccc4)CC3)CC2=O)s1. The number of aromatic nitrogens is 2. The van der Waals surface area contributed by atoms with Crippen molar-refractivity contribution in [3.05, 3.63) is 40.9 Å². The van der Waals surface area contributed by atoms with Crippen LogP contribution in [0.1, 0.15) is 36.8 Å². The van der Waals surface area contributed by atoms with Gasteiger partial charge in [-0.2, -0.15) is 0 Å². The third kappa shape index (κ3) is 4.23. The van der Waals surface area contributed by atoms with Gasteiger partial charge in [-0.05, 0) is 31.7 Å². The number of anilines is 1. The van der Waals surface area contributed by atoms with Gasteiger partial charge in [0.25, 0.3) is 0 Å². The second-order valence-electron chi connectivity index (χ2n) is 7.45. The van der Waals surface area contributed by atoms with E-state index < -0.39 is 0 Å². The van der Waals surface area contributed by atoms with Gasteiger partial charge in [0.05, 0.1) is 5.92 Å². The van der Waals surface area contributed by atoms with E-state index in [4.69, 9.17) is 4.74 Å². The summed E-state index contributed by atoms with van der Waals surface area (Å²) in [5.41, 5.74) is 1.07. The maximum absolute atomic E-state index is 12.8. The van der Waals surface area contributed by atoms with E-state index in [9.17, 15) is 9.59 Å². The molecule has 148 valence electrons. The predicted molar refractivity (Wildman–Crippen MR) is 106 cm³/mol. The fourth-order valence-electron chi connectivity index (χ4n) is 3.52. The average molecular weight is 401 g/mol. The number of hydrogen-bond acceptors (Lipinski definition) is 6. The summed E-state index contributed by atoms with van der Waals surface area (Å²) in [6, 6.07) is 10.2. The minimum atomic E-state index is -0.347. The number of carbonyl (C=O) groups excluding carboxylic acids is 2. The number of benzene rings is 1. The first-order chi connectivity index (χ1) is 13.6. The molecule has 1 unspecified atom stereocenters. The van der Waals surface area contributed by atoms with Crippen molar-refractivity contribution < 1.29 is 14.3 Å². The molecule has 0 radical (unpaired) electrons. The van der Waals surface area contributed by atoms with Gasteiger partial charge in [-0.3, -0.25) is 14.5 Å². The molecule has 1 atom stereocenters. The van der Waals surface area contributed by atoms with E-state index in [1.807, 2.05) is 25.1 Å². The topological polar surface area (TPSA) is 84.4 Å². The summed E-state index contributed by atoms with van der Waals surface area (Å²) in [5, 5.41) is 12.7. The fourth-order valence-corrected chi connectivity index (χ4v) is 4.32. The summed E-state index contributed by atoms with van der Waals surface area (Å²) in [7, 11) is 0. The molecular formula is C20H24N4O3S. The molecule has 0 spiro atoms. The van der Waals surface area contributed by atoms with Crippen LogP contribution in [0.25, 0.3) is 0 Å². The number of carbonyl (C=O) groups is 2. The lowest BCUT2D eigenvalue weighted by Crippen LogP contribution is -2.42. The standard InChI is InChI=1S/C20H24N4O3S/c1-2-27-13-16-22-23-19(28-16)24-12-15(10-17(24)25)18(26)21-20(8-9-20)11-14-6-4-3-5-7-14/h3-7,15H,2,8-13H2,1H3,(H,21,26). The van der Waals surface area contributed by atoms with Crippen LogP contribution in [0.15, 0.2) is 30.3 Å². The van der Waals surface area contributed by atoms with Gasteiger partial charge in [0, 0.05) is 25.1 Å². The molecule has 8 heteroatoms. The second-order valence-corrected chi connectivity index (χ2v) is 8.49. The minimum Gasteiger partial charge on any atom is -0.374 e. The van der Waals surface area contributed by atoms with Gasteiger partial charge in [0.2, 0.25) is 16.9 Å². The van der Waals surface area contributed by atoms with Crippen LogP contribution in [0.4, 0.5) is 5.13 Å². The van der Waals surface area contributed by atoms with E-state index in [-0.39, 0.29) is 29.7 Å². The summed E-state index contributed by atoms with van der Waals surface area (Å²) in [6.45, 7) is 3.27. The highest BCUT2D eigenvalue weighted by molar-refractivity contribution is 7.15. The zero-order chi connectivity index (χ0) is 19.6. The van der Waals surface area contributed by atoms with Crippen molar-refractivity contribution in [2.75, 3.05) is 18.1 Å². The van der Waals surface area contributed by atoms with Crippen LogP contribution in [0.2, 0.25) is 0 Å². The van der Waals surface area contributed by atoms with Crippen molar-refractivity contribution in [2.24, 2.45) is 5.92 Å². The first-order valence-electron chi connectivity index (χ1n) is 9.65. The number of hydrogen-bond donors (Lipinski definition) is 1. The number of nitrogens with zero attached hydrogens (tertiary/aromatic N) is 3. The van der Waals surface area contributed by atoms with Gasteiger partial charge in [-0.15, -0.1) is 10.2 Å². The van der Waals surface area contributed by atoms with E-state index in [1.54, 1.807) is 4.90 Å². The first kappa shape index (κ1) is 19.0. The first-order valence-corrected chi connectivity index (χ1v) is 10.5. The second kappa shape index (κ2) is 7.97. The van der Waals surface area contributed by atoms with E-state index in [0.717, 1.165) is 24.3 Å². The zero-order valence-electron chi connectivity index (χ0n) is 15.9. The number of ether oxygens (including phenoxy) is 1. The Hall–Kier alpha value is -2.32. The van der Waals surface area contributed by atoms with Gasteiger partial charge < -0.3 is 10.1 Å². The molecule has 1 saturated heterocycles. The summed E-state index contributed by atoms with van der Waals surface area (Å²) >= 11 is 1.34. The molecule has 0 bridgehead atoms. The molecule has 1 aliphatic carbocycles. The molecule has 2 heterocycles. The Morgan fingerprint density at radius 3 is 2.82 bits per heavy atom. The smallest absolute Gasteiger partial charge is 0.229 e. The molecule has 1 aliphatic heterocycles. The molecule has 2 amide bonds. The molecule has 1 aromatic heterocycles. The molecule has 1 saturated carbocycles. The Balaban J connectivity index is 1.36. The van der Waals surface area contributed by atoms with Crippen molar-refractivity contribution in [3.63, 3.8) is 0 Å². The predicted octanol–water partition coefficient (Wildman–Crippen LogP) is 2.32. The van der Waals surface area contributed by atoms with Gasteiger partial charge in [0.1, 0.15) is 11.6 Å². The Morgan fingerprint density at radius 1 is 1.32 bits per heavy atom. The van der Waals surface area contributed by atoms with Gasteiger partial charge in [0.15, 0.2) is 0 Å². The van der Waals surface area contributed by atoms with E-state index in [2.05, 4.69) is 27.6 Å². The Morgan fingerprint density at radius 2 is 2.11 bits per heavy atom. The number of rotatable bonds is 8. The molecule has 7 nitrogen and oxygen atoms in total. The highest BCUT2D eigenvalue weighted by atomic mass is 32.1. The van der Waals surface area contributed by atoms with E-state index in [0.29, 0.717) is 24.9 Å². The van der Waals surface area contributed by atoms with Gasteiger partial charge in [-0.1, -0.05) is 41.7 Å². The average Bonchev–Trinajstić information content (AvgIpc) is 3.11. The zero-order valence-corrected chi connectivity index (χ0v) is 16.7. The van der Waals surface area contributed by atoms with E-state index >= 15 is 0 Å². The van der Waals surface area contributed by atoms with E-state index in [1.165, 1.54) is 16.9 Å². The summed E-state index contributed by atoms with van der Waals surface area (Å²) < 4.78 is 5.33. The minimum absolute atomic E-state index is 0.0386. The number of nitrogens with one attached hydrogen (secondary N) is 1. The normalized spacial score (nSPS) is 20.4. The molecular weight excluding hydrogens is 376 g/mol. The molecule has 28 heavy (non-hydrogen) atoms. The summed E-state index contributed by atoms with van der Waals surface area (Å²) in [4.78, 5) is 26.8. The fraction of sp³-hybridized carbons (Fsp3) is 0.500. The van der Waals surface area contributed by atoms with Crippen molar-refractivity contribution in [1.82, 2.24) is 15.5 Å². The highest BCUT2D eigenvalue weighted by Gasteiger charge is 2.46. The molecule has 2 fully saturated rings. The maximum Gasteiger partial charge on any atom is 0.229 e. The lowest BCUT2D eigenvalue weighted by atomic mass is 10.0. The quantitative estimate of drug-likeness (QED) is 0.735. The number of amides is 2. The highest BCUT2D eigenvalue weighted by Crippen LogP contribution is 2.39. The Bertz CT molecular complexity index is 850. The van der Waals surface area contributed by atoms with Gasteiger partial charge >= 0.3 is 0 Å². The van der Waals surface area contributed by atoms with Crippen molar-refractivity contribution in [1.29, 1.82) is 0 Å². The molecule has 1 aromatic carbocycles. The van der Waals surface area contributed by atoms with Crippen molar-refractivity contribution in [3.8, 4) is 0 Å². The Labute approximate surface area is 168 Å². The lowest BCUT2D eigenvalue weighted by Gasteiger charge is -2.20. The van der Waals surface area contributed by atoms with Crippen LogP contribution < -0.4 is 10.2 Å². The van der Waals surface area contributed by atoms with Gasteiger partial charge in [-0.25, -0.2) is 0 Å². The van der Waals surface area contributed by atoms with Crippen LogP contribution >= 0.6 is 11.3 Å². The third-order valence-corrected chi connectivity index (χ3v) is 6.16. The molecule has 4 rings (SSSR count). The molecule has 2 aliphatic rings. The van der Waals surface area contributed by atoms with Crippen LogP contribution in [-0.4, -0.2) is 40.7 Å². The monoisotopic (exact) mass is 400 g/mol. The summed E-state index contributed by atoms with van der Waals surface area (Å²) in [5.74, 6) is -0.463. The summed E-state index contributed by atoms with van der Waals surface area (Å²) in [6.07, 6.45) is 3.01. The Kier molecular flexibility index (Phi) is 5.41. The largest absolute Gasteiger partial charge is 0.374 e. The third-order valence-electron chi connectivity index (χ3n) is 5.24. The van der Waals surface area contributed by atoms with Crippen LogP contribution in [0.5, 0.6) is 0 Å². The lowest BCUT2D eigenvalue weighted by molar-refractivity contribution is -0.127. The molecule has 1 N–H and O–H groups in total. The molecule has 2 aromatic rings. The van der Waals surface area contributed by atoms with Crippen LogP contribution in [0.3, 0.4) is 0 Å². The van der Waals surface area contributed by atoms with Crippen LogP contribution in [0, 0.1) is 5.92 Å². The maximum atomic E-state index is 12.8.